The molecule has 0 fully saturated rings. The van der Waals surface area contributed by atoms with Crippen molar-refractivity contribution in [3.8, 4) is 17.2 Å². The van der Waals surface area contributed by atoms with E-state index in [0.29, 0.717) is 24.7 Å². The van der Waals surface area contributed by atoms with Crippen LogP contribution in [-0.2, 0) is 4.79 Å². The van der Waals surface area contributed by atoms with Crippen molar-refractivity contribution in [2.45, 2.75) is 13.8 Å². The van der Waals surface area contributed by atoms with Gasteiger partial charge in [-0.25, -0.2) is 4.79 Å². The number of para-hydroxylation sites is 2. The fraction of sp³-hybridized carbons (Fsp3) is 0.211. The number of carbonyl (C=O) groups is 1. The quantitative estimate of drug-likeness (QED) is 0.438. The number of benzene rings is 2. The van der Waals surface area contributed by atoms with Crippen LogP contribution in [0.4, 0.5) is 0 Å². The number of ether oxygens (including phenoxy) is 3. The standard InChI is InChI=1S/C19H20O4/c1-3-21-16-12-9-15(10-13-16)11-14-19(20)23-18-8-6-5-7-17(18)22-4-2/h5-14H,3-4H2,1-2H3/b14-11+. The first kappa shape index (κ1) is 16.6. The van der Waals surface area contributed by atoms with Gasteiger partial charge in [0.15, 0.2) is 11.5 Å². The summed E-state index contributed by atoms with van der Waals surface area (Å²) in [7, 11) is 0. The highest BCUT2D eigenvalue weighted by molar-refractivity contribution is 5.89. The molecule has 0 saturated heterocycles. The molecule has 0 aliphatic carbocycles. The Morgan fingerprint density at radius 2 is 1.57 bits per heavy atom. The molecule has 0 aromatic heterocycles. The third-order valence-electron chi connectivity index (χ3n) is 2.96. The van der Waals surface area contributed by atoms with Crippen LogP contribution in [0.2, 0.25) is 0 Å². The summed E-state index contributed by atoms with van der Waals surface area (Å²) in [6.07, 6.45) is 3.08. The second-order valence-electron chi connectivity index (χ2n) is 4.64. The van der Waals surface area contributed by atoms with E-state index in [2.05, 4.69) is 0 Å². The first-order valence-electron chi connectivity index (χ1n) is 7.57. The Morgan fingerprint density at radius 3 is 2.22 bits per heavy atom. The second kappa shape index (κ2) is 8.63. The molecule has 0 aliphatic rings. The maximum absolute atomic E-state index is 11.9. The van der Waals surface area contributed by atoms with E-state index in [1.165, 1.54) is 6.08 Å². The average Bonchev–Trinajstić information content (AvgIpc) is 2.57. The zero-order valence-corrected chi connectivity index (χ0v) is 13.3. The van der Waals surface area contributed by atoms with Crippen molar-refractivity contribution >= 4 is 12.0 Å². The molecule has 0 saturated carbocycles. The van der Waals surface area contributed by atoms with E-state index in [9.17, 15) is 4.79 Å². The number of rotatable bonds is 7. The fourth-order valence-corrected chi connectivity index (χ4v) is 1.96. The van der Waals surface area contributed by atoms with Crippen LogP contribution >= 0.6 is 0 Å². The van der Waals surface area contributed by atoms with Crippen LogP contribution < -0.4 is 14.2 Å². The summed E-state index contributed by atoms with van der Waals surface area (Å²) in [5.41, 5.74) is 0.892. The molecule has 0 heterocycles. The molecule has 0 amide bonds. The van der Waals surface area contributed by atoms with Crippen LogP contribution in [0.3, 0.4) is 0 Å². The number of hydrogen-bond donors (Lipinski definition) is 0. The Kier molecular flexibility index (Phi) is 6.24. The van der Waals surface area contributed by atoms with Gasteiger partial charge in [-0.05, 0) is 49.8 Å². The minimum Gasteiger partial charge on any atom is -0.494 e. The minimum absolute atomic E-state index is 0.413. The van der Waals surface area contributed by atoms with Crippen molar-refractivity contribution in [1.82, 2.24) is 0 Å². The van der Waals surface area contributed by atoms with Crippen LogP contribution in [0.15, 0.2) is 54.6 Å². The molecular weight excluding hydrogens is 292 g/mol. The molecule has 2 aromatic rings. The van der Waals surface area contributed by atoms with Crippen molar-refractivity contribution in [1.29, 1.82) is 0 Å². The minimum atomic E-state index is -0.453. The molecule has 0 aliphatic heterocycles. The zero-order chi connectivity index (χ0) is 16.5. The van der Waals surface area contributed by atoms with Gasteiger partial charge in [0.05, 0.1) is 13.2 Å². The van der Waals surface area contributed by atoms with Gasteiger partial charge in [-0.2, -0.15) is 0 Å². The molecule has 120 valence electrons. The maximum Gasteiger partial charge on any atom is 0.336 e. The van der Waals surface area contributed by atoms with Gasteiger partial charge in [-0.1, -0.05) is 24.3 Å². The molecule has 0 spiro atoms. The molecule has 0 bridgehead atoms. The lowest BCUT2D eigenvalue weighted by Crippen LogP contribution is -2.05. The molecule has 0 N–H and O–H groups in total. The molecule has 0 unspecified atom stereocenters. The highest BCUT2D eigenvalue weighted by Gasteiger charge is 2.07. The number of hydrogen-bond acceptors (Lipinski definition) is 4. The van der Waals surface area contributed by atoms with Crippen LogP contribution in [0, 0.1) is 0 Å². The SMILES string of the molecule is CCOc1ccc(/C=C/C(=O)Oc2ccccc2OCC)cc1. The molecule has 0 atom stereocenters. The van der Waals surface area contributed by atoms with Crippen molar-refractivity contribution in [2.24, 2.45) is 0 Å². The lowest BCUT2D eigenvalue weighted by Gasteiger charge is -2.08. The zero-order valence-electron chi connectivity index (χ0n) is 13.3. The summed E-state index contributed by atoms with van der Waals surface area (Å²) in [5.74, 6) is 1.32. The van der Waals surface area contributed by atoms with Gasteiger partial charge in [-0.3, -0.25) is 0 Å². The van der Waals surface area contributed by atoms with Crippen molar-refractivity contribution in [2.75, 3.05) is 13.2 Å². The summed E-state index contributed by atoms with van der Waals surface area (Å²) >= 11 is 0. The molecule has 2 rings (SSSR count). The molecule has 23 heavy (non-hydrogen) atoms. The Bertz CT molecular complexity index is 659. The topological polar surface area (TPSA) is 44.8 Å². The van der Waals surface area contributed by atoms with Crippen molar-refractivity contribution in [3.05, 3.63) is 60.2 Å². The van der Waals surface area contributed by atoms with E-state index in [4.69, 9.17) is 14.2 Å². The summed E-state index contributed by atoms with van der Waals surface area (Å²) in [6.45, 7) is 4.95. The van der Waals surface area contributed by atoms with E-state index in [0.717, 1.165) is 11.3 Å². The van der Waals surface area contributed by atoms with Gasteiger partial charge in [0.2, 0.25) is 0 Å². The number of esters is 1. The highest BCUT2D eigenvalue weighted by atomic mass is 16.6. The van der Waals surface area contributed by atoms with E-state index in [1.54, 1.807) is 24.3 Å². The van der Waals surface area contributed by atoms with E-state index < -0.39 is 5.97 Å². The molecule has 2 aromatic carbocycles. The summed E-state index contributed by atoms with van der Waals surface area (Å²) in [6, 6.07) is 14.6. The fourth-order valence-electron chi connectivity index (χ4n) is 1.96. The largest absolute Gasteiger partial charge is 0.494 e. The van der Waals surface area contributed by atoms with Crippen LogP contribution in [0.25, 0.3) is 6.08 Å². The third-order valence-corrected chi connectivity index (χ3v) is 2.96. The second-order valence-corrected chi connectivity index (χ2v) is 4.64. The lowest BCUT2D eigenvalue weighted by atomic mass is 10.2. The van der Waals surface area contributed by atoms with Crippen LogP contribution in [-0.4, -0.2) is 19.2 Å². The summed E-state index contributed by atoms with van der Waals surface area (Å²) in [4.78, 5) is 11.9. The van der Waals surface area contributed by atoms with E-state index >= 15 is 0 Å². The first-order valence-corrected chi connectivity index (χ1v) is 7.57. The number of carbonyl (C=O) groups excluding carboxylic acids is 1. The van der Waals surface area contributed by atoms with Gasteiger partial charge in [-0.15, -0.1) is 0 Å². The molecule has 4 heteroatoms. The van der Waals surface area contributed by atoms with E-state index in [-0.39, 0.29) is 0 Å². The monoisotopic (exact) mass is 312 g/mol. The van der Waals surface area contributed by atoms with Gasteiger partial charge < -0.3 is 14.2 Å². The van der Waals surface area contributed by atoms with Gasteiger partial charge >= 0.3 is 5.97 Å². The van der Waals surface area contributed by atoms with Crippen molar-refractivity contribution < 1.29 is 19.0 Å². The molecular formula is C19H20O4. The average molecular weight is 312 g/mol. The van der Waals surface area contributed by atoms with Crippen LogP contribution in [0.1, 0.15) is 19.4 Å². The predicted molar refractivity (Wildman–Crippen MR) is 89.9 cm³/mol. The van der Waals surface area contributed by atoms with Crippen molar-refractivity contribution in [3.63, 3.8) is 0 Å². The van der Waals surface area contributed by atoms with Gasteiger partial charge in [0, 0.05) is 6.08 Å². The summed E-state index contributed by atoms with van der Waals surface area (Å²) in [5, 5.41) is 0. The Hall–Kier alpha value is -2.75. The molecule has 4 nitrogen and oxygen atoms in total. The maximum atomic E-state index is 11.9. The Labute approximate surface area is 136 Å². The van der Waals surface area contributed by atoms with Gasteiger partial charge in [0.1, 0.15) is 5.75 Å². The Balaban J connectivity index is 1.99. The van der Waals surface area contributed by atoms with Gasteiger partial charge in [0.25, 0.3) is 0 Å². The normalized spacial score (nSPS) is 10.5. The smallest absolute Gasteiger partial charge is 0.336 e. The predicted octanol–water partition coefficient (Wildman–Crippen LogP) is 4.10. The Morgan fingerprint density at radius 1 is 0.913 bits per heavy atom. The van der Waals surface area contributed by atoms with Crippen LogP contribution in [0.5, 0.6) is 17.2 Å². The first-order chi connectivity index (χ1) is 11.2. The highest BCUT2D eigenvalue weighted by Crippen LogP contribution is 2.26. The summed E-state index contributed by atoms with van der Waals surface area (Å²) < 4.78 is 16.1. The van der Waals surface area contributed by atoms with E-state index in [1.807, 2.05) is 44.2 Å². The lowest BCUT2D eigenvalue weighted by molar-refractivity contribution is -0.129. The third kappa shape index (κ3) is 5.18. The molecule has 0 radical (unpaired) electrons.